The van der Waals surface area contributed by atoms with Crippen LogP contribution in [0.25, 0.3) is 10.9 Å². The molecule has 26 heavy (non-hydrogen) atoms. The molecule has 0 saturated heterocycles. The van der Waals surface area contributed by atoms with Gasteiger partial charge in [0.25, 0.3) is 5.91 Å². The van der Waals surface area contributed by atoms with E-state index in [1.165, 1.54) is 6.20 Å². The zero-order chi connectivity index (χ0) is 18.5. The highest BCUT2D eigenvalue weighted by Gasteiger charge is 2.41. The molecule has 4 rings (SSSR count). The van der Waals surface area contributed by atoms with Gasteiger partial charge >= 0.3 is 0 Å². The fourth-order valence-corrected chi connectivity index (χ4v) is 3.22. The van der Waals surface area contributed by atoms with Crippen molar-refractivity contribution in [1.82, 2.24) is 15.2 Å². The lowest BCUT2D eigenvalue weighted by atomic mass is 10.0. The van der Waals surface area contributed by atoms with Crippen molar-refractivity contribution in [3.8, 4) is 6.07 Å². The van der Waals surface area contributed by atoms with Crippen LogP contribution in [0.5, 0.6) is 0 Å². The minimum absolute atomic E-state index is 0.166. The van der Waals surface area contributed by atoms with Crippen LogP contribution in [0, 0.1) is 25.2 Å². The Kier molecular flexibility index (Phi) is 3.55. The average Bonchev–Trinajstić information content (AvgIpc) is 3.22. The van der Waals surface area contributed by atoms with Crippen molar-refractivity contribution in [2.75, 3.05) is 5.32 Å². The summed E-state index contributed by atoms with van der Waals surface area (Å²) in [6, 6.07) is 7.79. The second kappa shape index (κ2) is 5.67. The molecule has 2 aromatic heterocycles. The lowest BCUT2D eigenvalue weighted by molar-refractivity contribution is 0.102. The van der Waals surface area contributed by atoms with E-state index in [1.807, 2.05) is 32.0 Å². The summed E-state index contributed by atoms with van der Waals surface area (Å²) in [4.78, 5) is 16.8. The average molecular weight is 345 g/mol. The number of benzene rings is 1. The SMILES string of the molecule is Cc1c(C#N)cnc(C(=O)Nc2ccc3n[nH]c(C4(C)CC4)c3c2)c1C. The first-order chi connectivity index (χ1) is 12.4. The number of carbonyl (C=O) groups is 1. The Morgan fingerprint density at radius 2 is 2.08 bits per heavy atom. The lowest BCUT2D eigenvalue weighted by Crippen LogP contribution is -2.16. The quantitative estimate of drug-likeness (QED) is 0.756. The van der Waals surface area contributed by atoms with Gasteiger partial charge < -0.3 is 5.32 Å². The molecule has 1 saturated carbocycles. The van der Waals surface area contributed by atoms with E-state index in [9.17, 15) is 4.79 Å². The van der Waals surface area contributed by atoms with E-state index in [1.54, 1.807) is 0 Å². The lowest BCUT2D eigenvalue weighted by Gasteiger charge is -2.10. The van der Waals surface area contributed by atoms with Gasteiger partial charge in [0, 0.05) is 28.4 Å². The van der Waals surface area contributed by atoms with Gasteiger partial charge in [-0.2, -0.15) is 10.4 Å². The van der Waals surface area contributed by atoms with Crippen LogP contribution in [-0.4, -0.2) is 21.1 Å². The Morgan fingerprint density at radius 3 is 2.77 bits per heavy atom. The number of nitriles is 1. The van der Waals surface area contributed by atoms with Crippen LogP contribution in [0.1, 0.15) is 52.6 Å². The van der Waals surface area contributed by atoms with Crippen LogP contribution >= 0.6 is 0 Å². The van der Waals surface area contributed by atoms with Gasteiger partial charge in [0.2, 0.25) is 0 Å². The van der Waals surface area contributed by atoms with E-state index in [0.29, 0.717) is 16.9 Å². The largest absolute Gasteiger partial charge is 0.321 e. The third-order valence-corrected chi connectivity index (χ3v) is 5.40. The predicted octanol–water partition coefficient (Wildman–Crippen LogP) is 3.75. The Hall–Kier alpha value is -3.20. The molecule has 0 aliphatic heterocycles. The molecule has 6 nitrogen and oxygen atoms in total. The number of hydrogen-bond acceptors (Lipinski definition) is 4. The summed E-state index contributed by atoms with van der Waals surface area (Å²) in [6.45, 7) is 5.86. The van der Waals surface area contributed by atoms with Crippen molar-refractivity contribution in [3.63, 3.8) is 0 Å². The van der Waals surface area contributed by atoms with Crippen LogP contribution in [0.3, 0.4) is 0 Å². The van der Waals surface area contributed by atoms with Gasteiger partial charge in [0.05, 0.1) is 11.1 Å². The topological polar surface area (TPSA) is 94.5 Å². The smallest absolute Gasteiger partial charge is 0.274 e. The summed E-state index contributed by atoms with van der Waals surface area (Å²) in [5, 5.41) is 20.6. The third kappa shape index (κ3) is 2.53. The molecule has 0 radical (unpaired) electrons. The number of rotatable bonds is 3. The van der Waals surface area contributed by atoms with Crippen molar-refractivity contribution >= 4 is 22.5 Å². The monoisotopic (exact) mass is 345 g/mol. The summed E-state index contributed by atoms with van der Waals surface area (Å²) in [5.41, 5.74) is 5.22. The van der Waals surface area contributed by atoms with Crippen molar-refractivity contribution < 1.29 is 4.79 Å². The van der Waals surface area contributed by atoms with E-state index in [0.717, 1.165) is 40.6 Å². The van der Waals surface area contributed by atoms with E-state index in [2.05, 4.69) is 33.5 Å². The number of amides is 1. The number of hydrogen-bond donors (Lipinski definition) is 2. The van der Waals surface area contributed by atoms with Crippen LogP contribution in [0.15, 0.2) is 24.4 Å². The number of aromatic amines is 1. The van der Waals surface area contributed by atoms with Crippen LogP contribution < -0.4 is 5.32 Å². The van der Waals surface area contributed by atoms with Crippen molar-refractivity contribution in [2.24, 2.45) is 0 Å². The Balaban J connectivity index is 1.66. The highest BCUT2D eigenvalue weighted by Crippen LogP contribution is 2.49. The normalized spacial score (nSPS) is 14.8. The van der Waals surface area contributed by atoms with Crippen molar-refractivity contribution in [3.05, 3.63) is 52.5 Å². The third-order valence-electron chi connectivity index (χ3n) is 5.40. The number of fused-ring (bicyclic) bond motifs is 1. The molecule has 2 N–H and O–H groups in total. The first-order valence-corrected chi connectivity index (χ1v) is 8.59. The molecule has 130 valence electrons. The standard InChI is InChI=1S/C20H19N5O/c1-11-12(2)17(22-10-13(11)9-21)19(26)23-14-4-5-16-15(8-14)18(25-24-16)20(3)6-7-20/h4-5,8,10H,6-7H2,1-3H3,(H,23,26)(H,24,25). The number of H-pyrrole nitrogens is 1. The molecular formula is C20H19N5O. The maximum Gasteiger partial charge on any atom is 0.274 e. The molecule has 1 aliphatic rings. The molecule has 0 spiro atoms. The molecule has 6 heteroatoms. The van der Waals surface area contributed by atoms with Gasteiger partial charge in [-0.15, -0.1) is 0 Å². The van der Waals surface area contributed by atoms with Gasteiger partial charge in [0.15, 0.2) is 0 Å². The second-order valence-corrected chi connectivity index (χ2v) is 7.23. The maximum atomic E-state index is 12.7. The van der Waals surface area contributed by atoms with Crippen LogP contribution in [-0.2, 0) is 5.41 Å². The predicted molar refractivity (Wildman–Crippen MR) is 99.1 cm³/mol. The fourth-order valence-electron chi connectivity index (χ4n) is 3.22. The second-order valence-electron chi connectivity index (χ2n) is 7.23. The molecule has 1 fully saturated rings. The fraction of sp³-hybridized carbons (Fsp3) is 0.300. The Labute approximate surface area is 151 Å². The van der Waals surface area contributed by atoms with Gasteiger partial charge in [-0.1, -0.05) is 6.92 Å². The molecule has 1 amide bonds. The summed E-state index contributed by atoms with van der Waals surface area (Å²) >= 11 is 0. The Bertz CT molecular complexity index is 1090. The summed E-state index contributed by atoms with van der Waals surface area (Å²) < 4.78 is 0. The van der Waals surface area contributed by atoms with E-state index < -0.39 is 0 Å². The first-order valence-electron chi connectivity index (χ1n) is 8.59. The molecular weight excluding hydrogens is 326 g/mol. The molecule has 3 aromatic rings. The molecule has 0 unspecified atom stereocenters. The van der Waals surface area contributed by atoms with E-state index >= 15 is 0 Å². The van der Waals surface area contributed by atoms with Crippen molar-refractivity contribution in [2.45, 2.75) is 39.0 Å². The Morgan fingerprint density at radius 1 is 1.31 bits per heavy atom. The van der Waals surface area contributed by atoms with E-state index in [4.69, 9.17) is 5.26 Å². The number of aromatic nitrogens is 3. The van der Waals surface area contributed by atoms with Gasteiger partial charge in [-0.3, -0.25) is 9.89 Å². The van der Waals surface area contributed by atoms with Gasteiger partial charge in [-0.25, -0.2) is 4.98 Å². The number of carbonyl (C=O) groups excluding carboxylic acids is 1. The highest BCUT2D eigenvalue weighted by molar-refractivity contribution is 6.05. The summed E-state index contributed by atoms with van der Waals surface area (Å²) in [6.07, 6.45) is 3.74. The number of nitrogens with zero attached hydrogens (tertiary/aromatic N) is 3. The number of anilines is 1. The maximum absolute atomic E-state index is 12.7. The zero-order valence-electron chi connectivity index (χ0n) is 15.0. The van der Waals surface area contributed by atoms with Crippen molar-refractivity contribution in [1.29, 1.82) is 5.26 Å². The van der Waals surface area contributed by atoms with Gasteiger partial charge in [-0.05, 0) is 56.0 Å². The highest BCUT2D eigenvalue weighted by atomic mass is 16.1. The molecule has 2 heterocycles. The molecule has 1 aliphatic carbocycles. The van der Waals surface area contributed by atoms with Crippen LogP contribution in [0.4, 0.5) is 5.69 Å². The molecule has 0 bridgehead atoms. The molecule has 0 atom stereocenters. The number of nitrogens with one attached hydrogen (secondary N) is 2. The minimum Gasteiger partial charge on any atom is -0.321 e. The molecule has 1 aromatic carbocycles. The summed E-state index contributed by atoms with van der Waals surface area (Å²) in [5.74, 6) is -0.280. The zero-order valence-corrected chi connectivity index (χ0v) is 15.0. The summed E-state index contributed by atoms with van der Waals surface area (Å²) in [7, 11) is 0. The minimum atomic E-state index is -0.280. The first kappa shape index (κ1) is 16.3. The van der Waals surface area contributed by atoms with Gasteiger partial charge in [0.1, 0.15) is 11.8 Å². The van der Waals surface area contributed by atoms with Crippen LogP contribution in [0.2, 0.25) is 0 Å². The number of pyridine rings is 1. The van der Waals surface area contributed by atoms with E-state index in [-0.39, 0.29) is 11.3 Å².